The molecule has 126 valence electrons. The summed E-state index contributed by atoms with van der Waals surface area (Å²) >= 11 is 1.81. The van der Waals surface area contributed by atoms with Crippen LogP contribution in [0.3, 0.4) is 0 Å². The molecular weight excluding hydrogens is 409 g/mol. The summed E-state index contributed by atoms with van der Waals surface area (Å²) in [7, 11) is 1.72. The molecule has 0 spiro atoms. The van der Waals surface area contributed by atoms with Gasteiger partial charge in [-0.05, 0) is 30.7 Å². The zero-order chi connectivity index (χ0) is 14.8. The molecule has 0 aliphatic heterocycles. The quantitative estimate of drug-likeness (QED) is 0.298. The van der Waals surface area contributed by atoms with Crippen molar-refractivity contribution in [1.82, 2.24) is 10.6 Å². The first-order chi connectivity index (χ1) is 10.4. The third kappa shape index (κ3) is 7.78. The van der Waals surface area contributed by atoms with Gasteiger partial charge in [-0.15, -0.1) is 35.3 Å². The highest BCUT2D eigenvalue weighted by Gasteiger charge is 2.14. The SMILES string of the molecule is COCCN=C(NCCc1cccs1)NC1CCCCC1.I. The molecule has 1 aliphatic rings. The number of halogens is 1. The molecule has 1 aromatic rings. The zero-order valence-corrected chi connectivity index (χ0v) is 16.5. The number of aliphatic imine (C=N–C) groups is 1. The zero-order valence-electron chi connectivity index (χ0n) is 13.3. The number of ether oxygens (including phenoxy) is 1. The Hall–Kier alpha value is -0.340. The van der Waals surface area contributed by atoms with E-state index in [2.05, 4.69) is 33.1 Å². The number of thiophene rings is 1. The normalized spacial score (nSPS) is 16.1. The van der Waals surface area contributed by atoms with Crippen LogP contribution in [-0.4, -0.2) is 38.8 Å². The van der Waals surface area contributed by atoms with Crippen LogP contribution < -0.4 is 10.6 Å². The molecule has 1 saturated carbocycles. The first-order valence-corrected chi connectivity index (χ1v) is 8.82. The van der Waals surface area contributed by atoms with Gasteiger partial charge >= 0.3 is 0 Å². The Labute approximate surface area is 155 Å². The van der Waals surface area contributed by atoms with Gasteiger partial charge in [-0.3, -0.25) is 4.99 Å². The second kappa shape index (κ2) is 12.1. The molecule has 2 N–H and O–H groups in total. The minimum absolute atomic E-state index is 0. The lowest BCUT2D eigenvalue weighted by atomic mass is 9.96. The maximum Gasteiger partial charge on any atom is 0.191 e. The molecule has 6 heteroatoms. The van der Waals surface area contributed by atoms with Crippen LogP contribution >= 0.6 is 35.3 Å². The lowest BCUT2D eigenvalue weighted by molar-refractivity contribution is 0.207. The summed E-state index contributed by atoms with van der Waals surface area (Å²) in [6.45, 7) is 2.30. The minimum atomic E-state index is 0. The molecule has 1 heterocycles. The monoisotopic (exact) mass is 437 g/mol. The molecule has 0 amide bonds. The van der Waals surface area contributed by atoms with Crippen LogP contribution in [0.1, 0.15) is 37.0 Å². The van der Waals surface area contributed by atoms with Crippen molar-refractivity contribution in [3.05, 3.63) is 22.4 Å². The Morgan fingerprint density at radius 2 is 2.18 bits per heavy atom. The van der Waals surface area contributed by atoms with Crippen LogP contribution in [0.2, 0.25) is 0 Å². The summed E-state index contributed by atoms with van der Waals surface area (Å²) in [5.41, 5.74) is 0. The fraction of sp³-hybridized carbons (Fsp3) is 0.688. The standard InChI is InChI=1S/C16H27N3OS.HI/c1-20-12-11-18-16(19-14-6-3-2-4-7-14)17-10-9-15-8-5-13-21-15;/h5,8,13-14H,2-4,6-7,9-12H2,1H3,(H2,17,18,19);1H. The highest BCUT2D eigenvalue weighted by Crippen LogP contribution is 2.17. The number of guanidine groups is 1. The number of nitrogens with zero attached hydrogens (tertiary/aromatic N) is 1. The summed E-state index contributed by atoms with van der Waals surface area (Å²) in [5, 5.41) is 9.16. The number of methoxy groups -OCH3 is 1. The number of hydrogen-bond acceptors (Lipinski definition) is 3. The summed E-state index contributed by atoms with van der Waals surface area (Å²) in [5.74, 6) is 0.940. The van der Waals surface area contributed by atoms with Gasteiger partial charge in [0.15, 0.2) is 5.96 Å². The summed E-state index contributed by atoms with van der Waals surface area (Å²) < 4.78 is 5.08. The van der Waals surface area contributed by atoms with E-state index in [4.69, 9.17) is 4.74 Å². The molecule has 1 aromatic heterocycles. The molecule has 0 aromatic carbocycles. The van der Waals surface area contributed by atoms with Gasteiger partial charge in [0.25, 0.3) is 0 Å². The topological polar surface area (TPSA) is 45.6 Å². The van der Waals surface area contributed by atoms with Crippen molar-refractivity contribution in [1.29, 1.82) is 0 Å². The van der Waals surface area contributed by atoms with Crippen molar-refractivity contribution in [3.8, 4) is 0 Å². The summed E-state index contributed by atoms with van der Waals surface area (Å²) in [6, 6.07) is 4.87. The molecule has 22 heavy (non-hydrogen) atoms. The number of hydrogen-bond donors (Lipinski definition) is 2. The third-order valence-electron chi connectivity index (χ3n) is 3.76. The summed E-state index contributed by atoms with van der Waals surface area (Å²) in [4.78, 5) is 6.01. The van der Waals surface area contributed by atoms with Crippen LogP contribution in [0.25, 0.3) is 0 Å². The number of rotatable bonds is 7. The fourth-order valence-electron chi connectivity index (χ4n) is 2.60. The van der Waals surface area contributed by atoms with Gasteiger partial charge in [0.2, 0.25) is 0 Å². The van der Waals surface area contributed by atoms with Crippen LogP contribution in [0.4, 0.5) is 0 Å². The predicted molar refractivity (Wildman–Crippen MR) is 106 cm³/mol. The van der Waals surface area contributed by atoms with E-state index in [9.17, 15) is 0 Å². The summed E-state index contributed by atoms with van der Waals surface area (Å²) in [6.07, 6.45) is 7.61. The molecule has 0 bridgehead atoms. The molecule has 4 nitrogen and oxygen atoms in total. The van der Waals surface area contributed by atoms with Gasteiger partial charge in [-0.25, -0.2) is 0 Å². The third-order valence-corrected chi connectivity index (χ3v) is 4.69. The Morgan fingerprint density at radius 3 is 2.86 bits per heavy atom. The van der Waals surface area contributed by atoms with E-state index in [0.717, 1.165) is 18.9 Å². The van der Waals surface area contributed by atoms with Gasteiger partial charge in [-0.2, -0.15) is 0 Å². The molecule has 1 aliphatic carbocycles. The molecule has 2 rings (SSSR count). The molecule has 0 saturated heterocycles. The van der Waals surface area contributed by atoms with E-state index in [1.807, 2.05) is 11.3 Å². The second-order valence-corrected chi connectivity index (χ2v) is 6.49. The van der Waals surface area contributed by atoms with Crippen molar-refractivity contribution in [3.63, 3.8) is 0 Å². The first-order valence-electron chi connectivity index (χ1n) is 7.94. The molecule has 0 radical (unpaired) electrons. The van der Waals surface area contributed by atoms with Crippen LogP contribution in [0, 0.1) is 0 Å². The van der Waals surface area contributed by atoms with E-state index in [1.165, 1.54) is 37.0 Å². The predicted octanol–water partition coefficient (Wildman–Crippen LogP) is 3.42. The van der Waals surface area contributed by atoms with Crippen molar-refractivity contribution >= 4 is 41.3 Å². The Morgan fingerprint density at radius 1 is 1.36 bits per heavy atom. The lowest BCUT2D eigenvalue weighted by Crippen LogP contribution is -2.45. The van der Waals surface area contributed by atoms with Gasteiger partial charge in [0.05, 0.1) is 13.2 Å². The molecule has 0 unspecified atom stereocenters. The fourth-order valence-corrected chi connectivity index (χ4v) is 3.31. The van der Waals surface area contributed by atoms with Crippen molar-refractivity contribution < 1.29 is 4.74 Å². The van der Waals surface area contributed by atoms with Gasteiger partial charge in [-0.1, -0.05) is 25.3 Å². The lowest BCUT2D eigenvalue weighted by Gasteiger charge is -2.25. The van der Waals surface area contributed by atoms with Crippen molar-refractivity contribution in [2.45, 2.75) is 44.6 Å². The Kier molecular flexibility index (Phi) is 10.9. The maximum absolute atomic E-state index is 5.08. The number of nitrogens with one attached hydrogen (secondary N) is 2. The smallest absolute Gasteiger partial charge is 0.191 e. The largest absolute Gasteiger partial charge is 0.383 e. The first kappa shape index (κ1) is 19.7. The molecule has 1 fully saturated rings. The van der Waals surface area contributed by atoms with Crippen molar-refractivity contribution in [2.75, 3.05) is 26.8 Å². The molecular formula is C16H28IN3OS. The Bertz CT molecular complexity index is 406. The second-order valence-electron chi connectivity index (χ2n) is 5.46. The minimum Gasteiger partial charge on any atom is -0.383 e. The van der Waals surface area contributed by atoms with E-state index in [0.29, 0.717) is 19.2 Å². The van der Waals surface area contributed by atoms with Crippen LogP contribution in [0.5, 0.6) is 0 Å². The van der Waals surface area contributed by atoms with Crippen LogP contribution in [-0.2, 0) is 11.2 Å². The van der Waals surface area contributed by atoms with E-state index in [1.54, 1.807) is 7.11 Å². The van der Waals surface area contributed by atoms with E-state index >= 15 is 0 Å². The maximum atomic E-state index is 5.08. The van der Waals surface area contributed by atoms with Crippen LogP contribution in [0.15, 0.2) is 22.5 Å². The van der Waals surface area contributed by atoms with Gasteiger partial charge < -0.3 is 15.4 Å². The van der Waals surface area contributed by atoms with Gasteiger partial charge in [0.1, 0.15) is 0 Å². The van der Waals surface area contributed by atoms with E-state index < -0.39 is 0 Å². The molecule has 0 atom stereocenters. The van der Waals surface area contributed by atoms with Crippen molar-refractivity contribution in [2.24, 2.45) is 4.99 Å². The van der Waals surface area contributed by atoms with E-state index in [-0.39, 0.29) is 24.0 Å². The highest BCUT2D eigenvalue weighted by atomic mass is 127. The Balaban J connectivity index is 0.00000242. The highest BCUT2D eigenvalue weighted by molar-refractivity contribution is 14.0. The van der Waals surface area contributed by atoms with Gasteiger partial charge in [0, 0.05) is 24.6 Å². The average Bonchev–Trinajstić information content (AvgIpc) is 3.02. The average molecular weight is 437 g/mol.